The van der Waals surface area contributed by atoms with E-state index in [1.165, 1.54) is 11.3 Å². The average molecular weight is 374 g/mol. The summed E-state index contributed by atoms with van der Waals surface area (Å²) in [6.07, 6.45) is 0. The molecule has 3 rings (SSSR count). The van der Waals surface area contributed by atoms with Gasteiger partial charge in [-0.1, -0.05) is 11.8 Å². The number of thiazole rings is 1. The van der Waals surface area contributed by atoms with Crippen molar-refractivity contribution in [1.29, 1.82) is 0 Å². The Morgan fingerprint density at radius 3 is 2.95 bits per heavy atom. The van der Waals surface area contributed by atoms with Crippen LogP contribution in [0.3, 0.4) is 0 Å². The number of thioether (sulfide) groups is 1. The lowest BCUT2D eigenvalue weighted by Crippen LogP contribution is -2.27. The Hall–Kier alpha value is -0.700. The number of nitrogens with zero attached hydrogens (tertiary/aromatic N) is 2. The second-order valence-electron chi connectivity index (χ2n) is 3.66. The number of halogens is 1. The van der Waals surface area contributed by atoms with Crippen molar-refractivity contribution in [2.45, 2.75) is 0 Å². The molecule has 2 aromatic heterocycles. The second kappa shape index (κ2) is 5.74. The topological polar surface area (TPSA) is 54.4 Å². The van der Waals surface area contributed by atoms with Gasteiger partial charge in [0.05, 0.1) is 11.4 Å². The minimum atomic E-state index is -0.189. The van der Waals surface area contributed by atoms with Crippen LogP contribution < -0.4 is 5.32 Å². The molecule has 2 aromatic rings. The van der Waals surface area contributed by atoms with Crippen molar-refractivity contribution in [1.82, 2.24) is 10.3 Å². The van der Waals surface area contributed by atoms with Gasteiger partial charge < -0.3 is 0 Å². The molecule has 0 aromatic carbocycles. The number of aliphatic imine (C=N–C) groups is 1. The maximum atomic E-state index is 12.0. The predicted octanol–water partition coefficient (Wildman–Crippen LogP) is 3.47. The van der Waals surface area contributed by atoms with E-state index in [4.69, 9.17) is 0 Å². The lowest BCUT2D eigenvalue weighted by Gasteiger charge is -1.99. The number of rotatable bonds is 2. The van der Waals surface area contributed by atoms with Crippen molar-refractivity contribution in [3.05, 3.63) is 27.0 Å². The number of hydrogen-bond donors (Lipinski definition) is 1. The molecule has 8 heteroatoms. The van der Waals surface area contributed by atoms with Gasteiger partial charge in [-0.05, 0) is 22.0 Å². The number of thiophene rings is 1. The van der Waals surface area contributed by atoms with Crippen molar-refractivity contribution in [3.63, 3.8) is 0 Å². The van der Waals surface area contributed by atoms with E-state index in [1.54, 1.807) is 28.5 Å². The largest absolute Gasteiger partial charge is 0.300 e. The molecule has 0 spiro atoms. The van der Waals surface area contributed by atoms with E-state index in [-0.39, 0.29) is 5.91 Å². The average Bonchev–Trinajstić information content (AvgIpc) is 3.07. The van der Waals surface area contributed by atoms with Gasteiger partial charge in [-0.2, -0.15) is 0 Å². The molecule has 0 unspecified atom stereocenters. The third kappa shape index (κ3) is 3.07. The van der Waals surface area contributed by atoms with E-state index in [2.05, 4.69) is 31.2 Å². The van der Waals surface area contributed by atoms with Crippen LogP contribution in [0.5, 0.6) is 0 Å². The lowest BCUT2D eigenvalue weighted by molar-refractivity contribution is 0.0974. The highest BCUT2D eigenvalue weighted by atomic mass is 79.9. The molecule has 0 saturated heterocycles. The molecule has 19 heavy (non-hydrogen) atoms. The summed E-state index contributed by atoms with van der Waals surface area (Å²) >= 11 is 8.05. The van der Waals surface area contributed by atoms with Crippen LogP contribution in [0.15, 0.2) is 26.3 Å². The summed E-state index contributed by atoms with van der Waals surface area (Å²) in [5, 5.41) is 8.11. The molecule has 1 aliphatic rings. The summed E-state index contributed by atoms with van der Waals surface area (Å²) < 4.78 is 1.03. The fourth-order valence-electron chi connectivity index (χ4n) is 1.49. The number of amides is 1. The predicted molar refractivity (Wildman–Crippen MR) is 85.4 cm³/mol. The van der Waals surface area contributed by atoms with Crippen LogP contribution >= 0.6 is 50.4 Å². The maximum absolute atomic E-state index is 12.0. The fourth-order valence-corrected chi connectivity index (χ4v) is 4.52. The molecule has 0 atom stereocenters. The zero-order valence-electron chi connectivity index (χ0n) is 9.55. The molecule has 98 valence electrons. The van der Waals surface area contributed by atoms with Gasteiger partial charge in [-0.25, -0.2) is 4.98 Å². The van der Waals surface area contributed by atoms with Crippen LogP contribution in [0, 0.1) is 0 Å². The summed E-state index contributed by atoms with van der Waals surface area (Å²) in [4.78, 5) is 21.6. The molecule has 1 amide bonds. The summed E-state index contributed by atoms with van der Waals surface area (Å²) in [5.41, 5.74) is 0.444. The monoisotopic (exact) mass is 373 g/mol. The van der Waals surface area contributed by atoms with Gasteiger partial charge in [0.1, 0.15) is 10.7 Å². The highest BCUT2D eigenvalue weighted by molar-refractivity contribution is 9.10. The summed E-state index contributed by atoms with van der Waals surface area (Å²) in [6, 6.07) is 2.00. The Morgan fingerprint density at radius 1 is 1.37 bits per heavy atom. The SMILES string of the molecule is O=C(NC1=NCCS1)c1csc(-c2cc(Br)cs2)n1. The van der Waals surface area contributed by atoms with Crippen LogP contribution in [0.4, 0.5) is 0 Å². The van der Waals surface area contributed by atoms with Crippen molar-refractivity contribution in [2.75, 3.05) is 12.3 Å². The quantitative estimate of drug-likeness (QED) is 0.876. The number of carbonyl (C=O) groups excluding carboxylic acids is 1. The van der Waals surface area contributed by atoms with Crippen molar-refractivity contribution >= 4 is 61.4 Å². The third-order valence-electron chi connectivity index (χ3n) is 2.32. The minimum Gasteiger partial charge on any atom is -0.300 e. The highest BCUT2D eigenvalue weighted by Gasteiger charge is 2.16. The number of nitrogens with one attached hydrogen (secondary N) is 1. The van der Waals surface area contributed by atoms with Gasteiger partial charge in [0, 0.05) is 21.0 Å². The van der Waals surface area contributed by atoms with Crippen LogP contribution in [0.1, 0.15) is 10.5 Å². The first kappa shape index (κ1) is 13.3. The van der Waals surface area contributed by atoms with E-state index < -0.39 is 0 Å². The normalized spacial score (nSPS) is 14.5. The number of aromatic nitrogens is 1. The van der Waals surface area contributed by atoms with Gasteiger partial charge in [0.15, 0.2) is 5.17 Å². The standard InChI is InChI=1S/C11H8BrN3OS3/c12-6-3-8(18-4-6)10-14-7(5-19-10)9(16)15-11-13-1-2-17-11/h3-5H,1-2H2,(H,13,15,16). The van der Waals surface area contributed by atoms with Crippen molar-refractivity contribution < 1.29 is 4.79 Å². The first-order chi connectivity index (χ1) is 9.22. The minimum absolute atomic E-state index is 0.189. The van der Waals surface area contributed by atoms with Gasteiger partial charge in [-0.15, -0.1) is 22.7 Å². The first-order valence-corrected chi connectivity index (χ1v) is 8.95. The number of hydrogen-bond acceptors (Lipinski definition) is 6. The summed E-state index contributed by atoms with van der Waals surface area (Å²) in [6.45, 7) is 0.770. The lowest BCUT2D eigenvalue weighted by atomic mass is 10.4. The van der Waals surface area contributed by atoms with Gasteiger partial charge in [0.2, 0.25) is 0 Å². The van der Waals surface area contributed by atoms with Crippen LogP contribution in [0.25, 0.3) is 9.88 Å². The van der Waals surface area contributed by atoms with E-state index in [1.807, 2.05) is 11.4 Å². The molecular formula is C11H8BrN3OS3. The molecule has 0 saturated carbocycles. The summed E-state index contributed by atoms with van der Waals surface area (Å²) in [5.74, 6) is 0.743. The first-order valence-electron chi connectivity index (χ1n) is 5.41. The zero-order valence-corrected chi connectivity index (χ0v) is 13.6. The maximum Gasteiger partial charge on any atom is 0.276 e. The van der Waals surface area contributed by atoms with E-state index in [9.17, 15) is 4.79 Å². The third-order valence-corrected chi connectivity index (χ3v) is 5.91. The molecule has 4 nitrogen and oxygen atoms in total. The molecular weight excluding hydrogens is 366 g/mol. The van der Waals surface area contributed by atoms with E-state index in [0.29, 0.717) is 10.9 Å². The summed E-state index contributed by atoms with van der Waals surface area (Å²) in [7, 11) is 0. The molecule has 3 heterocycles. The molecule has 0 radical (unpaired) electrons. The smallest absolute Gasteiger partial charge is 0.276 e. The Morgan fingerprint density at radius 2 is 2.26 bits per heavy atom. The highest BCUT2D eigenvalue weighted by Crippen LogP contribution is 2.31. The Bertz CT molecular complexity index is 649. The van der Waals surface area contributed by atoms with Gasteiger partial charge in [0.25, 0.3) is 5.91 Å². The number of amidine groups is 1. The van der Waals surface area contributed by atoms with E-state index in [0.717, 1.165) is 26.7 Å². The zero-order chi connectivity index (χ0) is 13.2. The van der Waals surface area contributed by atoms with E-state index >= 15 is 0 Å². The van der Waals surface area contributed by atoms with Crippen LogP contribution in [0.2, 0.25) is 0 Å². The molecule has 0 aliphatic carbocycles. The van der Waals surface area contributed by atoms with Crippen LogP contribution in [-0.2, 0) is 0 Å². The fraction of sp³-hybridized carbons (Fsp3) is 0.182. The molecule has 0 bridgehead atoms. The van der Waals surface area contributed by atoms with Crippen molar-refractivity contribution in [3.8, 4) is 9.88 Å². The Kier molecular flexibility index (Phi) is 4.01. The molecule has 1 aliphatic heterocycles. The van der Waals surface area contributed by atoms with Gasteiger partial charge >= 0.3 is 0 Å². The number of carbonyl (C=O) groups is 1. The van der Waals surface area contributed by atoms with Gasteiger partial charge in [-0.3, -0.25) is 15.1 Å². The second-order valence-corrected chi connectivity index (χ2v) is 7.43. The molecule has 1 N–H and O–H groups in total. The molecule has 0 fully saturated rings. The van der Waals surface area contributed by atoms with Crippen molar-refractivity contribution in [2.24, 2.45) is 4.99 Å². The Balaban J connectivity index is 1.75. The van der Waals surface area contributed by atoms with Crippen LogP contribution in [-0.4, -0.2) is 28.4 Å². The Labute approximate surface area is 130 Å².